The van der Waals surface area contributed by atoms with E-state index in [2.05, 4.69) is 11.4 Å². The molecule has 0 saturated carbocycles. The van der Waals surface area contributed by atoms with Crippen LogP contribution in [0.25, 0.3) is 6.08 Å². The number of benzene rings is 1. The molecule has 1 atom stereocenters. The lowest BCUT2D eigenvalue weighted by molar-refractivity contribution is -0.130. The van der Waals surface area contributed by atoms with Gasteiger partial charge < -0.3 is 10.2 Å². The Morgan fingerprint density at radius 1 is 1.15 bits per heavy atom. The van der Waals surface area contributed by atoms with Crippen molar-refractivity contribution in [1.29, 1.82) is 0 Å². The smallest absolute Gasteiger partial charge is 0.243 e. The maximum Gasteiger partial charge on any atom is 0.243 e. The maximum atomic E-state index is 12.6. The number of carbonyl (C=O) groups excluding carboxylic acids is 2. The summed E-state index contributed by atoms with van der Waals surface area (Å²) in [5.41, 5.74) is 2.26. The largest absolute Gasteiger partial charge is 0.353 e. The molecule has 138 valence electrons. The minimum Gasteiger partial charge on any atom is -0.353 e. The van der Waals surface area contributed by atoms with E-state index < -0.39 is 0 Å². The molecule has 0 bridgehead atoms. The average Bonchev–Trinajstić information content (AvgIpc) is 2.70. The van der Waals surface area contributed by atoms with Gasteiger partial charge in [-0.25, -0.2) is 0 Å². The molecule has 1 aliphatic heterocycles. The fourth-order valence-electron chi connectivity index (χ4n) is 3.83. The molecule has 26 heavy (non-hydrogen) atoms. The van der Waals surface area contributed by atoms with Crippen molar-refractivity contribution in [3.05, 3.63) is 53.7 Å². The SMILES string of the molecule is O=C(C=Cc1ccccc1)NCCCC(=O)N1CCCC2CCCC=C21. The van der Waals surface area contributed by atoms with Crippen LogP contribution in [0.4, 0.5) is 0 Å². The van der Waals surface area contributed by atoms with Gasteiger partial charge >= 0.3 is 0 Å². The molecule has 1 saturated heterocycles. The van der Waals surface area contributed by atoms with E-state index in [1.807, 2.05) is 35.2 Å². The van der Waals surface area contributed by atoms with Crippen molar-refractivity contribution < 1.29 is 9.59 Å². The first-order chi connectivity index (χ1) is 12.7. The van der Waals surface area contributed by atoms with E-state index in [-0.39, 0.29) is 11.8 Å². The Hall–Kier alpha value is -2.36. The van der Waals surface area contributed by atoms with Crippen LogP contribution in [0, 0.1) is 5.92 Å². The minimum absolute atomic E-state index is 0.116. The first-order valence-corrected chi connectivity index (χ1v) is 9.75. The first-order valence-electron chi connectivity index (χ1n) is 9.75. The standard InChI is InChI=1S/C22H28N2O2/c25-21(15-14-18-8-2-1-3-9-18)23-16-6-13-22(26)24-17-7-11-19-10-4-5-12-20(19)24/h1-3,8-9,12,14-15,19H,4-7,10-11,13,16-17H2,(H,23,25). The van der Waals surface area contributed by atoms with Crippen molar-refractivity contribution >= 4 is 17.9 Å². The van der Waals surface area contributed by atoms with Crippen LogP contribution in [0.2, 0.25) is 0 Å². The fraction of sp³-hybridized carbons (Fsp3) is 0.455. The summed E-state index contributed by atoms with van der Waals surface area (Å²) in [5.74, 6) is 0.676. The van der Waals surface area contributed by atoms with E-state index >= 15 is 0 Å². The van der Waals surface area contributed by atoms with E-state index in [0.29, 0.717) is 25.3 Å². The fourth-order valence-corrected chi connectivity index (χ4v) is 3.83. The van der Waals surface area contributed by atoms with Crippen LogP contribution in [0.3, 0.4) is 0 Å². The van der Waals surface area contributed by atoms with E-state index in [4.69, 9.17) is 0 Å². The second kappa shape index (κ2) is 9.37. The number of likely N-dealkylation sites (tertiary alicyclic amines) is 1. The Kier molecular flexibility index (Phi) is 6.64. The van der Waals surface area contributed by atoms with Gasteiger partial charge in [-0.05, 0) is 56.1 Å². The molecule has 2 amide bonds. The molecule has 1 aromatic carbocycles. The summed E-state index contributed by atoms with van der Waals surface area (Å²) in [4.78, 5) is 26.4. The highest BCUT2D eigenvalue weighted by Crippen LogP contribution is 2.35. The Bertz CT molecular complexity index is 679. The summed E-state index contributed by atoms with van der Waals surface area (Å²) in [6.45, 7) is 1.38. The summed E-state index contributed by atoms with van der Waals surface area (Å²) in [7, 11) is 0. The van der Waals surface area contributed by atoms with Gasteiger partial charge in [0.1, 0.15) is 0 Å². The van der Waals surface area contributed by atoms with Gasteiger partial charge in [-0.1, -0.05) is 36.4 Å². The van der Waals surface area contributed by atoms with Gasteiger partial charge in [0.05, 0.1) is 0 Å². The Balaban J connectivity index is 1.39. The minimum atomic E-state index is -0.116. The highest BCUT2D eigenvalue weighted by Gasteiger charge is 2.29. The zero-order valence-electron chi connectivity index (χ0n) is 15.3. The third kappa shape index (κ3) is 5.07. The predicted octanol–water partition coefficient (Wildman–Crippen LogP) is 3.90. The van der Waals surface area contributed by atoms with Crippen LogP contribution in [-0.2, 0) is 9.59 Å². The molecule has 1 aromatic rings. The number of nitrogens with one attached hydrogen (secondary N) is 1. The van der Waals surface area contributed by atoms with Crippen LogP contribution in [0.15, 0.2) is 48.2 Å². The summed E-state index contributed by atoms with van der Waals surface area (Å²) in [6, 6.07) is 9.73. The van der Waals surface area contributed by atoms with Gasteiger partial charge in [0.2, 0.25) is 11.8 Å². The number of carbonyl (C=O) groups is 2. The normalized spacial score (nSPS) is 19.8. The number of rotatable bonds is 6. The van der Waals surface area contributed by atoms with Gasteiger partial charge in [-0.15, -0.1) is 0 Å². The van der Waals surface area contributed by atoms with Gasteiger partial charge in [-0.2, -0.15) is 0 Å². The topological polar surface area (TPSA) is 49.4 Å². The lowest BCUT2D eigenvalue weighted by Gasteiger charge is -2.38. The molecule has 0 spiro atoms. The number of fused-ring (bicyclic) bond motifs is 1. The molecule has 1 aliphatic carbocycles. The summed E-state index contributed by atoms with van der Waals surface area (Å²) < 4.78 is 0. The van der Waals surface area contributed by atoms with Crippen molar-refractivity contribution in [3.63, 3.8) is 0 Å². The van der Waals surface area contributed by atoms with Crippen molar-refractivity contribution in [2.75, 3.05) is 13.1 Å². The summed E-state index contributed by atoms with van der Waals surface area (Å²) in [6.07, 6.45) is 12.7. The molecule has 1 N–H and O–H groups in total. The molecule has 1 fully saturated rings. The molecule has 0 aromatic heterocycles. The average molecular weight is 352 g/mol. The number of piperidine rings is 1. The molecule has 2 aliphatic rings. The van der Waals surface area contributed by atoms with Gasteiger partial charge in [-0.3, -0.25) is 9.59 Å². The molecule has 4 nitrogen and oxygen atoms in total. The van der Waals surface area contributed by atoms with Crippen LogP contribution in [-0.4, -0.2) is 29.8 Å². The molecule has 1 unspecified atom stereocenters. The van der Waals surface area contributed by atoms with E-state index in [9.17, 15) is 9.59 Å². The van der Waals surface area contributed by atoms with Crippen LogP contribution < -0.4 is 5.32 Å². The van der Waals surface area contributed by atoms with Gasteiger partial charge in [0.15, 0.2) is 0 Å². The Morgan fingerprint density at radius 3 is 2.81 bits per heavy atom. The van der Waals surface area contributed by atoms with Crippen LogP contribution in [0.5, 0.6) is 0 Å². The summed E-state index contributed by atoms with van der Waals surface area (Å²) >= 11 is 0. The molecule has 4 heteroatoms. The number of hydrogen-bond acceptors (Lipinski definition) is 2. The summed E-state index contributed by atoms with van der Waals surface area (Å²) in [5, 5.41) is 2.86. The Morgan fingerprint density at radius 2 is 1.96 bits per heavy atom. The van der Waals surface area contributed by atoms with Gasteiger partial charge in [0, 0.05) is 31.3 Å². The Labute approximate surface area is 156 Å². The molecule has 3 rings (SSSR count). The third-order valence-electron chi connectivity index (χ3n) is 5.17. The van der Waals surface area contributed by atoms with Crippen molar-refractivity contribution in [2.45, 2.75) is 44.9 Å². The highest BCUT2D eigenvalue weighted by molar-refractivity contribution is 5.91. The van der Waals surface area contributed by atoms with Crippen LogP contribution >= 0.6 is 0 Å². The first kappa shape index (κ1) is 18.4. The molecule has 0 radical (unpaired) electrons. The van der Waals surface area contributed by atoms with E-state index in [1.165, 1.54) is 25.0 Å². The lowest BCUT2D eigenvalue weighted by Crippen LogP contribution is -2.39. The predicted molar refractivity (Wildman–Crippen MR) is 104 cm³/mol. The van der Waals surface area contributed by atoms with E-state index in [0.717, 1.165) is 24.9 Å². The number of hydrogen-bond donors (Lipinski definition) is 1. The van der Waals surface area contributed by atoms with E-state index in [1.54, 1.807) is 12.2 Å². The van der Waals surface area contributed by atoms with Crippen LogP contribution in [0.1, 0.15) is 50.5 Å². The number of amides is 2. The molecular weight excluding hydrogens is 324 g/mol. The molecule has 1 heterocycles. The van der Waals surface area contributed by atoms with Crippen molar-refractivity contribution in [3.8, 4) is 0 Å². The zero-order chi connectivity index (χ0) is 18.2. The number of allylic oxidation sites excluding steroid dienone is 2. The van der Waals surface area contributed by atoms with Crippen molar-refractivity contribution in [2.24, 2.45) is 5.92 Å². The number of nitrogens with zero attached hydrogens (tertiary/aromatic N) is 1. The molecular formula is C22H28N2O2. The van der Waals surface area contributed by atoms with Crippen molar-refractivity contribution in [1.82, 2.24) is 10.2 Å². The van der Waals surface area contributed by atoms with Gasteiger partial charge in [0.25, 0.3) is 0 Å². The monoisotopic (exact) mass is 352 g/mol. The highest BCUT2D eigenvalue weighted by atomic mass is 16.2. The quantitative estimate of drug-likeness (QED) is 0.623. The second-order valence-corrected chi connectivity index (χ2v) is 7.08. The second-order valence-electron chi connectivity index (χ2n) is 7.08. The third-order valence-corrected chi connectivity index (χ3v) is 5.17. The maximum absolute atomic E-state index is 12.6. The zero-order valence-corrected chi connectivity index (χ0v) is 15.3. The lowest BCUT2D eigenvalue weighted by atomic mass is 9.85.